The summed E-state index contributed by atoms with van der Waals surface area (Å²) in [4.78, 5) is 38.4. The van der Waals surface area contributed by atoms with Crippen LogP contribution in [0.2, 0.25) is 0 Å². The lowest BCUT2D eigenvalue weighted by molar-refractivity contribution is -0.123. The summed E-state index contributed by atoms with van der Waals surface area (Å²) in [5.41, 5.74) is 4.34. The Hall–Kier alpha value is -3.10. The molecular formula is C24H19BrN2O4S. The van der Waals surface area contributed by atoms with E-state index in [1.807, 2.05) is 54.8 Å². The lowest BCUT2D eigenvalue weighted by Crippen LogP contribution is -2.27. The average molecular weight is 511 g/mol. The predicted octanol–water partition coefficient (Wildman–Crippen LogP) is 5.79. The van der Waals surface area contributed by atoms with E-state index >= 15 is 0 Å². The minimum Gasteiger partial charge on any atom is -0.478 e. The quantitative estimate of drug-likeness (QED) is 0.439. The van der Waals surface area contributed by atoms with E-state index in [0.717, 1.165) is 44.4 Å². The number of aryl methyl sites for hydroxylation is 1. The number of nitrogens with zero attached hydrogens (tertiary/aromatic N) is 2. The van der Waals surface area contributed by atoms with Crippen molar-refractivity contribution in [3.63, 3.8) is 0 Å². The number of carboxylic acids is 1. The van der Waals surface area contributed by atoms with Crippen LogP contribution in [0, 0.1) is 13.8 Å². The normalized spacial score (nSPS) is 15.1. The minimum absolute atomic E-state index is 0.200. The van der Waals surface area contributed by atoms with E-state index in [0.29, 0.717) is 4.91 Å². The highest BCUT2D eigenvalue weighted by Gasteiger charge is 2.35. The molecule has 1 aliphatic heterocycles. The smallest absolute Gasteiger partial charge is 0.335 e. The van der Waals surface area contributed by atoms with Gasteiger partial charge >= 0.3 is 5.97 Å². The van der Waals surface area contributed by atoms with Crippen LogP contribution in [0.5, 0.6) is 0 Å². The first-order valence-electron chi connectivity index (χ1n) is 9.77. The summed E-state index contributed by atoms with van der Waals surface area (Å²) in [6.07, 6.45) is 1.73. The molecule has 3 aromatic rings. The molecule has 2 aromatic carbocycles. The first kappa shape index (κ1) is 22.1. The molecule has 6 nitrogen and oxygen atoms in total. The lowest BCUT2D eigenvalue weighted by atomic mass is 10.2. The van der Waals surface area contributed by atoms with E-state index in [9.17, 15) is 19.5 Å². The number of hydrogen-bond donors (Lipinski definition) is 1. The van der Waals surface area contributed by atoms with E-state index in [-0.39, 0.29) is 23.3 Å². The molecule has 1 N–H and O–H groups in total. The van der Waals surface area contributed by atoms with Gasteiger partial charge in [0, 0.05) is 21.5 Å². The Bertz CT molecular complexity index is 1280. The number of carboxylic acid groups (broad SMARTS) is 1. The first-order valence-corrected chi connectivity index (χ1v) is 11.4. The number of aromatic nitrogens is 1. The Kier molecular flexibility index (Phi) is 6.08. The van der Waals surface area contributed by atoms with Crippen LogP contribution in [0.25, 0.3) is 11.8 Å². The van der Waals surface area contributed by atoms with E-state index in [1.165, 1.54) is 4.90 Å². The van der Waals surface area contributed by atoms with Crippen molar-refractivity contribution in [3.05, 3.63) is 92.1 Å². The van der Waals surface area contributed by atoms with Gasteiger partial charge < -0.3 is 9.67 Å². The highest BCUT2D eigenvalue weighted by Crippen LogP contribution is 2.34. The fourth-order valence-corrected chi connectivity index (χ4v) is 4.75. The average Bonchev–Trinajstić information content (AvgIpc) is 3.19. The number of amides is 2. The third kappa shape index (κ3) is 4.28. The van der Waals surface area contributed by atoms with Crippen molar-refractivity contribution in [3.8, 4) is 5.69 Å². The molecule has 1 aromatic heterocycles. The van der Waals surface area contributed by atoms with Crippen molar-refractivity contribution in [2.45, 2.75) is 20.4 Å². The van der Waals surface area contributed by atoms with Crippen molar-refractivity contribution in [1.82, 2.24) is 9.47 Å². The molecule has 4 rings (SSSR count). The molecule has 2 heterocycles. The third-order valence-corrected chi connectivity index (χ3v) is 6.67. The van der Waals surface area contributed by atoms with Gasteiger partial charge in [0.1, 0.15) is 0 Å². The number of thioether (sulfide) groups is 1. The zero-order valence-corrected chi connectivity index (χ0v) is 19.7. The van der Waals surface area contributed by atoms with Gasteiger partial charge in [-0.1, -0.05) is 34.1 Å². The fraction of sp³-hybridized carbons (Fsp3) is 0.125. The molecule has 0 radical (unpaired) electrons. The van der Waals surface area contributed by atoms with Gasteiger partial charge in [0.25, 0.3) is 11.1 Å². The summed E-state index contributed by atoms with van der Waals surface area (Å²) in [5, 5.41) is 8.99. The molecule has 0 aliphatic carbocycles. The minimum atomic E-state index is -0.992. The third-order valence-electron chi connectivity index (χ3n) is 5.24. The van der Waals surface area contributed by atoms with Crippen molar-refractivity contribution in [2.75, 3.05) is 0 Å². The molecule has 0 bridgehead atoms. The van der Waals surface area contributed by atoms with Crippen LogP contribution in [-0.2, 0) is 11.3 Å². The summed E-state index contributed by atoms with van der Waals surface area (Å²) in [6.45, 7) is 4.03. The number of halogens is 1. The molecule has 1 aliphatic rings. The van der Waals surface area contributed by atoms with E-state index in [2.05, 4.69) is 15.9 Å². The topological polar surface area (TPSA) is 79.6 Å². The zero-order valence-electron chi connectivity index (χ0n) is 17.3. The summed E-state index contributed by atoms with van der Waals surface area (Å²) in [6, 6.07) is 16.1. The van der Waals surface area contributed by atoms with E-state index in [1.54, 1.807) is 24.3 Å². The van der Waals surface area contributed by atoms with E-state index < -0.39 is 5.97 Å². The number of carbonyl (C=O) groups excluding carboxylic acids is 2. The summed E-state index contributed by atoms with van der Waals surface area (Å²) in [7, 11) is 0. The van der Waals surface area contributed by atoms with E-state index in [4.69, 9.17) is 0 Å². The Labute approximate surface area is 197 Å². The van der Waals surface area contributed by atoms with Gasteiger partial charge in [-0.15, -0.1) is 0 Å². The molecule has 1 fully saturated rings. The van der Waals surface area contributed by atoms with Crippen LogP contribution in [-0.4, -0.2) is 31.7 Å². The number of hydrogen-bond acceptors (Lipinski definition) is 4. The van der Waals surface area contributed by atoms with Gasteiger partial charge in [0.05, 0.1) is 17.0 Å². The molecule has 8 heteroatoms. The number of carbonyl (C=O) groups is 3. The maximum atomic E-state index is 12.9. The number of benzene rings is 2. The summed E-state index contributed by atoms with van der Waals surface area (Å²) >= 11 is 4.31. The van der Waals surface area contributed by atoms with Gasteiger partial charge in [-0.3, -0.25) is 14.5 Å². The maximum Gasteiger partial charge on any atom is 0.335 e. The Morgan fingerprint density at radius 3 is 2.50 bits per heavy atom. The van der Waals surface area contributed by atoms with Crippen LogP contribution in [0.1, 0.15) is 32.9 Å². The molecule has 2 amide bonds. The van der Waals surface area contributed by atoms with Crippen molar-refractivity contribution in [2.24, 2.45) is 0 Å². The van der Waals surface area contributed by atoms with Crippen LogP contribution < -0.4 is 0 Å². The van der Waals surface area contributed by atoms with Crippen LogP contribution in [0.4, 0.5) is 4.79 Å². The Morgan fingerprint density at radius 1 is 1.09 bits per heavy atom. The lowest BCUT2D eigenvalue weighted by Gasteiger charge is -2.12. The predicted molar refractivity (Wildman–Crippen MR) is 128 cm³/mol. The Morgan fingerprint density at radius 2 is 1.81 bits per heavy atom. The molecule has 0 unspecified atom stereocenters. The molecule has 32 heavy (non-hydrogen) atoms. The largest absolute Gasteiger partial charge is 0.478 e. The SMILES string of the molecule is Cc1cc(/C=C2\SC(=O)N(Cc3ccc(Br)cc3)C2=O)c(C)n1-c1cccc(C(=O)O)c1. The Balaban J connectivity index is 1.63. The standard InChI is InChI=1S/C24H19BrN2O4S/c1-14-10-18(15(2)27(14)20-5-3-4-17(11-20)23(29)30)12-21-22(28)26(24(31)32-21)13-16-6-8-19(25)9-7-16/h3-12H,13H2,1-2H3,(H,29,30)/b21-12-. The second kappa shape index (κ2) is 8.80. The van der Waals surface area contributed by atoms with Gasteiger partial charge in [-0.2, -0.15) is 0 Å². The van der Waals surface area contributed by atoms with Crippen molar-refractivity contribution >= 4 is 50.9 Å². The monoisotopic (exact) mass is 510 g/mol. The van der Waals surface area contributed by atoms with Gasteiger partial charge in [-0.25, -0.2) is 4.79 Å². The molecule has 0 saturated carbocycles. The second-order valence-electron chi connectivity index (χ2n) is 7.41. The maximum absolute atomic E-state index is 12.9. The summed E-state index contributed by atoms with van der Waals surface area (Å²) in [5.74, 6) is -1.31. The summed E-state index contributed by atoms with van der Waals surface area (Å²) < 4.78 is 2.86. The molecular weight excluding hydrogens is 492 g/mol. The molecule has 0 spiro atoms. The highest BCUT2D eigenvalue weighted by atomic mass is 79.9. The van der Waals surface area contributed by atoms with Crippen molar-refractivity contribution < 1.29 is 19.5 Å². The van der Waals surface area contributed by atoms with Gasteiger partial charge in [0.15, 0.2) is 0 Å². The van der Waals surface area contributed by atoms with Crippen LogP contribution >= 0.6 is 27.7 Å². The zero-order chi connectivity index (χ0) is 23.0. The van der Waals surface area contributed by atoms with Gasteiger partial charge in [-0.05, 0) is 79.2 Å². The molecule has 0 atom stereocenters. The van der Waals surface area contributed by atoms with Crippen LogP contribution in [0.3, 0.4) is 0 Å². The number of aromatic carboxylic acids is 1. The number of imide groups is 1. The molecule has 1 saturated heterocycles. The number of rotatable bonds is 5. The molecule has 162 valence electrons. The highest BCUT2D eigenvalue weighted by molar-refractivity contribution is 9.10. The fourth-order valence-electron chi connectivity index (χ4n) is 3.66. The first-order chi connectivity index (χ1) is 15.2. The van der Waals surface area contributed by atoms with Crippen molar-refractivity contribution in [1.29, 1.82) is 0 Å². The second-order valence-corrected chi connectivity index (χ2v) is 9.32. The van der Waals surface area contributed by atoms with Crippen LogP contribution in [0.15, 0.2) is 64.0 Å². The van der Waals surface area contributed by atoms with Gasteiger partial charge in [0.2, 0.25) is 0 Å².